The lowest BCUT2D eigenvalue weighted by Gasteiger charge is -2.17. The molecule has 9 heteroatoms. The van der Waals surface area contributed by atoms with Crippen LogP contribution >= 0.6 is 0 Å². The third kappa shape index (κ3) is 4.49. The summed E-state index contributed by atoms with van der Waals surface area (Å²) in [5.74, 6) is 0.998. The maximum Gasteiger partial charge on any atom is 0.273 e. The molecule has 0 spiro atoms. The monoisotopic (exact) mass is 371 g/mol. The van der Waals surface area contributed by atoms with Crippen LogP contribution in [0.1, 0.15) is 12.0 Å². The number of carbonyl (C=O) groups is 1. The minimum absolute atomic E-state index is 0.00120. The first-order chi connectivity index (χ1) is 12.9. The van der Waals surface area contributed by atoms with Crippen LogP contribution in [0.3, 0.4) is 0 Å². The van der Waals surface area contributed by atoms with Crippen molar-refractivity contribution in [3.63, 3.8) is 0 Å². The molecule has 2 aromatic rings. The third-order valence-electron chi connectivity index (χ3n) is 4.40. The van der Waals surface area contributed by atoms with E-state index in [9.17, 15) is 14.9 Å². The van der Waals surface area contributed by atoms with E-state index < -0.39 is 4.92 Å². The van der Waals surface area contributed by atoms with E-state index in [1.807, 2.05) is 25.1 Å². The van der Waals surface area contributed by atoms with Crippen LogP contribution in [0.2, 0.25) is 0 Å². The number of rotatable bonds is 6. The first-order valence-electron chi connectivity index (χ1n) is 8.62. The SMILES string of the molecule is CN(C)c1ccc(OC2CCN(C(=O)Cc3ccccc3[N+](=O)[O-])C2)nn1. The Morgan fingerprint density at radius 2 is 2.07 bits per heavy atom. The minimum Gasteiger partial charge on any atom is -0.471 e. The van der Waals surface area contributed by atoms with Crippen LogP contribution in [0.25, 0.3) is 0 Å². The van der Waals surface area contributed by atoms with Gasteiger partial charge in [-0.3, -0.25) is 14.9 Å². The fourth-order valence-electron chi connectivity index (χ4n) is 2.95. The van der Waals surface area contributed by atoms with Crippen LogP contribution in [0.4, 0.5) is 11.5 Å². The number of benzene rings is 1. The van der Waals surface area contributed by atoms with Gasteiger partial charge >= 0.3 is 0 Å². The zero-order chi connectivity index (χ0) is 19.4. The lowest BCUT2D eigenvalue weighted by molar-refractivity contribution is -0.385. The molecule has 1 aromatic heterocycles. The molecule has 2 heterocycles. The summed E-state index contributed by atoms with van der Waals surface area (Å²) >= 11 is 0. The standard InChI is InChI=1S/C18H21N5O4/c1-21(2)16-7-8-17(20-19-16)27-14-9-10-22(12-14)18(24)11-13-5-3-4-6-15(13)23(25)26/h3-8,14H,9-12H2,1-2H3. The van der Waals surface area contributed by atoms with Gasteiger partial charge in [0.1, 0.15) is 6.10 Å². The van der Waals surface area contributed by atoms with Gasteiger partial charge in [-0.2, -0.15) is 0 Å². The second kappa shape index (κ2) is 7.98. The summed E-state index contributed by atoms with van der Waals surface area (Å²) in [5.41, 5.74) is 0.385. The fourth-order valence-corrected chi connectivity index (χ4v) is 2.95. The molecule has 1 aromatic carbocycles. The summed E-state index contributed by atoms with van der Waals surface area (Å²) in [5, 5.41) is 19.2. The molecule has 0 bridgehead atoms. The number of ether oxygens (including phenoxy) is 1. The first kappa shape index (κ1) is 18.6. The molecule has 0 N–H and O–H groups in total. The Morgan fingerprint density at radius 3 is 2.74 bits per heavy atom. The molecule has 1 unspecified atom stereocenters. The molecular formula is C18H21N5O4. The minimum atomic E-state index is -0.464. The van der Waals surface area contributed by atoms with Crippen molar-refractivity contribution >= 4 is 17.4 Å². The molecule has 9 nitrogen and oxygen atoms in total. The predicted molar refractivity (Wildman–Crippen MR) is 98.8 cm³/mol. The van der Waals surface area contributed by atoms with Crippen molar-refractivity contribution in [1.82, 2.24) is 15.1 Å². The highest BCUT2D eigenvalue weighted by molar-refractivity contribution is 5.80. The smallest absolute Gasteiger partial charge is 0.273 e. The molecule has 1 saturated heterocycles. The zero-order valence-corrected chi connectivity index (χ0v) is 15.2. The number of hydrogen-bond donors (Lipinski definition) is 0. The van der Waals surface area contributed by atoms with Gasteiger partial charge < -0.3 is 14.5 Å². The van der Waals surface area contributed by atoms with Crippen LogP contribution in [0.5, 0.6) is 5.88 Å². The van der Waals surface area contributed by atoms with Crippen LogP contribution in [-0.4, -0.2) is 59.2 Å². The Hall–Kier alpha value is -3.23. The Morgan fingerprint density at radius 1 is 1.30 bits per heavy atom. The average molecular weight is 371 g/mol. The second-order valence-electron chi connectivity index (χ2n) is 6.56. The molecule has 1 amide bonds. The molecule has 1 fully saturated rings. The number of hydrogen-bond acceptors (Lipinski definition) is 7. The second-order valence-corrected chi connectivity index (χ2v) is 6.56. The molecule has 1 aliphatic rings. The molecule has 0 radical (unpaired) electrons. The van der Waals surface area contributed by atoms with E-state index >= 15 is 0 Å². The van der Waals surface area contributed by atoms with Crippen LogP contribution in [-0.2, 0) is 11.2 Å². The summed E-state index contributed by atoms with van der Waals surface area (Å²) in [6.45, 7) is 0.976. The quantitative estimate of drug-likeness (QED) is 0.562. The molecule has 3 rings (SSSR count). The number of anilines is 1. The van der Waals surface area contributed by atoms with Crippen molar-refractivity contribution in [3.8, 4) is 5.88 Å². The van der Waals surface area contributed by atoms with E-state index in [2.05, 4.69) is 10.2 Å². The van der Waals surface area contributed by atoms with Crippen molar-refractivity contribution in [3.05, 3.63) is 52.1 Å². The van der Waals surface area contributed by atoms with Crippen LogP contribution in [0.15, 0.2) is 36.4 Å². The van der Waals surface area contributed by atoms with Gasteiger partial charge in [0, 0.05) is 44.8 Å². The number of likely N-dealkylation sites (tertiary alicyclic amines) is 1. The number of nitrogens with zero attached hydrogens (tertiary/aromatic N) is 5. The molecule has 27 heavy (non-hydrogen) atoms. The summed E-state index contributed by atoms with van der Waals surface area (Å²) < 4.78 is 5.81. The van der Waals surface area contributed by atoms with E-state index in [1.165, 1.54) is 6.07 Å². The Balaban J connectivity index is 1.57. The third-order valence-corrected chi connectivity index (χ3v) is 4.40. The van der Waals surface area contributed by atoms with Gasteiger partial charge in [-0.15, -0.1) is 10.2 Å². The van der Waals surface area contributed by atoms with Gasteiger partial charge in [-0.1, -0.05) is 18.2 Å². The number of amides is 1. The average Bonchev–Trinajstić information content (AvgIpc) is 3.11. The molecule has 1 aliphatic heterocycles. The number of nitro benzene ring substituents is 1. The van der Waals surface area contributed by atoms with Crippen molar-refractivity contribution < 1.29 is 14.5 Å². The van der Waals surface area contributed by atoms with E-state index in [0.717, 1.165) is 5.82 Å². The Kier molecular flexibility index (Phi) is 5.49. The van der Waals surface area contributed by atoms with E-state index in [-0.39, 0.29) is 24.1 Å². The lowest BCUT2D eigenvalue weighted by atomic mass is 10.1. The van der Waals surface area contributed by atoms with E-state index in [1.54, 1.807) is 29.2 Å². The van der Waals surface area contributed by atoms with Gasteiger partial charge in [0.25, 0.3) is 5.69 Å². The van der Waals surface area contributed by atoms with Crippen molar-refractivity contribution in [1.29, 1.82) is 0 Å². The highest BCUT2D eigenvalue weighted by atomic mass is 16.6. The van der Waals surface area contributed by atoms with Gasteiger partial charge in [0.2, 0.25) is 11.8 Å². The fraction of sp³-hybridized carbons (Fsp3) is 0.389. The highest BCUT2D eigenvalue weighted by Crippen LogP contribution is 2.21. The number of aromatic nitrogens is 2. The predicted octanol–water partition coefficient (Wildman–Crippen LogP) is 1.67. The van der Waals surface area contributed by atoms with E-state index in [4.69, 9.17) is 4.74 Å². The molecule has 1 atom stereocenters. The molecule has 0 saturated carbocycles. The normalized spacial score (nSPS) is 16.2. The van der Waals surface area contributed by atoms with Crippen LogP contribution in [0, 0.1) is 10.1 Å². The molecule has 0 aliphatic carbocycles. The van der Waals surface area contributed by atoms with Gasteiger partial charge in [0.15, 0.2) is 5.82 Å². The highest BCUT2D eigenvalue weighted by Gasteiger charge is 2.29. The van der Waals surface area contributed by atoms with Crippen molar-refractivity contribution in [2.24, 2.45) is 0 Å². The van der Waals surface area contributed by atoms with Gasteiger partial charge in [-0.25, -0.2) is 0 Å². The topological polar surface area (TPSA) is 102 Å². The Bertz CT molecular complexity index is 825. The zero-order valence-electron chi connectivity index (χ0n) is 15.2. The van der Waals surface area contributed by atoms with Crippen LogP contribution < -0.4 is 9.64 Å². The maximum absolute atomic E-state index is 12.5. The van der Waals surface area contributed by atoms with Gasteiger partial charge in [-0.05, 0) is 6.07 Å². The summed E-state index contributed by atoms with van der Waals surface area (Å²) in [4.78, 5) is 26.7. The molecular weight excluding hydrogens is 350 g/mol. The van der Waals surface area contributed by atoms with Gasteiger partial charge in [0.05, 0.1) is 17.9 Å². The molecule has 142 valence electrons. The number of nitro groups is 1. The first-order valence-corrected chi connectivity index (χ1v) is 8.62. The summed E-state index contributed by atoms with van der Waals surface area (Å²) in [7, 11) is 3.75. The van der Waals surface area contributed by atoms with Crippen molar-refractivity contribution in [2.75, 3.05) is 32.1 Å². The van der Waals surface area contributed by atoms with E-state index in [0.29, 0.717) is 31.0 Å². The summed E-state index contributed by atoms with van der Waals surface area (Å²) in [6.07, 6.45) is 0.514. The maximum atomic E-state index is 12.5. The number of carbonyl (C=O) groups excluding carboxylic acids is 1. The summed E-state index contributed by atoms with van der Waals surface area (Å²) in [6, 6.07) is 9.88. The largest absolute Gasteiger partial charge is 0.471 e. The number of para-hydroxylation sites is 1. The lowest BCUT2D eigenvalue weighted by Crippen LogP contribution is -2.32. The van der Waals surface area contributed by atoms with Crippen molar-refractivity contribution in [2.45, 2.75) is 18.9 Å². The Labute approximate surface area is 156 Å².